The molecule has 2 saturated heterocycles. The van der Waals surface area contributed by atoms with Gasteiger partial charge in [0.2, 0.25) is 5.91 Å². The van der Waals surface area contributed by atoms with E-state index in [1.807, 2.05) is 11.1 Å². The number of aromatic nitrogens is 3. The van der Waals surface area contributed by atoms with Crippen LogP contribution in [-0.2, 0) is 11.2 Å². The molecule has 3 fully saturated rings. The van der Waals surface area contributed by atoms with E-state index in [1.54, 1.807) is 0 Å². The summed E-state index contributed by atoms with van der Waals surface area (Å²) in [5.74, 6) is 1.83. The van der Waals surface area contributed by atoms with Gasteiger partial charge in [0.05, 0.1) is 17.4 Å². The lowest BCUT2D eigenvalue weighted by atomic mass is 9.48. The van der Waals surface area contributed by atoms with Crippen molar-refractivity contribution >= 4 is 22.6 Å². The molecule has 7 heteroatoms. The number of aromatic amines is 1. The number of carbonyl (C=O) groups excluding carboxylic acids is 1. The van der Waals surface area contributed by atoms with Crippen LogP contribution in [0.1, 0.15) is 61.9 Å². The van der Waals surface area contributed by atoms with Gasteiger partial charge in [0.25, 0.3) is 0 Å². The second-order valence-corrected chi connectivity index (χ2v) is 12.6. The van der Waals surface area contributed by atoms with Crippen molar-refractivity contribution in [2.75, 3.05) is 24.5 Å². The number of anilines is 1. The Hall–Kier alpha value is -3.66. The minimum atomic E-state index is -0.00127. The molecule has 3 aliphatic carbocycles. The number of nitrogens with one attached hydrogen (secondary N) is 1. The highest BCUT2D eigenvalue weighted by atomic mass is 16.2. The van der Waals surface area contributed by atoms with E-state index in [-0.39, 0.29) is 22.8 Å². The minimum absolute atomic E-state index is 0.00127. The first-order valence-corrected chi connectivity index (χ1v) is 13.8. The zero-order chi connectivity index (χ0) is 26.6. The molecule has 3 aromatic rings. The molecule has 1 N–H and O–H groups in total. The molecule has 2 bridgehead atoms. The van der Waals surface area contributed by atoms with E-state index < -0.39 is 0 Å². The summed E-state index contributed by atoms with van der Waals surface area (Å²) in [5, 5.41) is 19.3. The maximum atomic E-state index is 12.2. The maximum absolute atomic E-state index is 12.2. The summed E-state index contributed by atoms with van der Waals surface area (Å²) in [7, 11) is 0. The Morgan fingerprint density at radius 3 is 2.79 bits per heavy atom. The van der Waals surface area contributed by atoms with Crippen LogP contribution in [0, 0.1) is 35.0 Å². The topological polar surface area (TPSA) is 88.9 Å². The Balaban J connectivity index is 1.42. The maximum Gasteiger partial charge on any atom is 0.245 e. The number of nitrogens with zero attached hydrogens (tertiary/aromatic N) is 5. The molecule has 1 spiro atoms. The van der Waals surface area contributed by atoms with Crippen molar-refractivity contribution < 1.29 is 4.79 Å². The predicted molar refractivity (Wildman–Crippen MR) is 148 cm³/mol. The lowest BCUT2D eigenvalue weighted by Gasteiger charge is -2.57. The largest absolute Gasteiger partial charge is 0.352 e. The van der Waals surface area contributed by atoms with Crippen LogP contribution >= 0.6 is 0 Å². The van der Waals surface area contributed by atoms with Gasteiger partial charge in [0.15, 0.2) is 0 Å². The van der Waals surface area contributed by atoms with Gasteiger partial charge in [0.1, 0.15) is 17.5 Å². The smallest absolute Gasteiger partial charge is 0.245 e. The minimum Gasteiger partial charge on any atom is -0.352 e. The third-order valence-corrected chi connectivity index (χ3v) is 10.7. The fourth-order valence-corrected chi connectivity index (χ4v) is 8.03. The molecule has 1 saturated carbocycles. The molecule has 8 rings (SSSR count). The Bertz CT molecular complexity index is 1570. The van der Waals surface area contributed by atoms with Crippen LogP contribution in [-0.4, -0.2) is 51.7 Å². The van der Waals surface area contributed by atoms with Gasteiger partial charge in [-0.05, 0) is 73.3 Å². The third kappa shape index (κ3) is 2.86. The van der Waals surface area contributed by atoms with E-state index in [0.717, 1.165) is 65.9 Å². The molecule has 7 nitrogen and oxygen atoms in total. The number of nitriles is 1. The summed E-state index contributed by atoms with van der Waals surface area (Å²) in [4.78, 5) is 21.8. The fraction of sp³-hybridized carbons (Fsp3) is 0.484. The van der Waals surface area contributed by atoms with Gasteiger partial charge in [-0.15, -0.1) is 0 Å². The molecule has 5 aliphatic rings. The first-order valence-electron chi connectivity index (χ1n) is 13.8. The quantitative estimate of drug-likeness (QED) is 0.499. The number of rotatable bonds is 3. The number of likely N-dealkylation sites (tertiary alicyclic amines) is 1. The first kappa shape index (κ1) is 23.5. The van der Waals surface area contributed by atoms with Crippen molar-refractivity contribution in [2.24, 2.45) is 16.7 Å². The van der Waals surface area contributed by atoms with E-state index in [0.29, 0.717) is 17.4 Å². The molecular formula is C31H34N6O. The Morgan fingerprint density at radius 2 is 2.08 bits per heavy atom. The van der Waals surface area contributed by atoms with Crippen LogP contribution in [0.15, 0.2) is 31.0 Å². The average Bonchev–Trinajstić information content (AvgIpc) is 3.50. The zero-order valence-electron chi connectivity index (χ0n) is 22.6. The lowest BCUT2D eigenvalue weighted by molar-refractivity contribution is -0.138. The van der Waals surface area contributed by atoms with Crippen molar-refractivity contribution in [3.8, 4) is 17.2 Å². The van der Waals surface area contributed by atoms with Crippen molar-refractivity contribution in [2.45, 2.75) is 58.9 Å². The van der Waals surface area contributed by atoms with Gasteiger partial charge >= 0.3 is 0 Å². The SMILES string of the molecule is C=CC(=O)N1CC2(CCN(c3nc4c(c(-c5c(C)ccc6[nH]ncc56)c3C#N)C[C@H]3C[C@@H]4C3(C)C)C2C)C1. The summed E-state index contributed by atoms with van der Waals surface area (Å²) < 4.78 is 0. The number of fused-ring (bicyclic) bond motifs is 1. The van der Waals surface area contributed by atoms with Gasteiger partial charge in [0, 0.05) is 48.0 Å². The van der Waals surface area contributed by atoms with Gasteiger partial charge in [-0.25, -0.2) is 4.98 Å². The molecule has 38 heavy (non-hydrogen) atoms. The molecule has 2 aliphatic heterocycles. The van der Waals surface area contributed by atoms with Gasteiger partial charge < -0.3 is 9.80 Å². The molecule has 1 amide bonds. The van der Waals surface area contributed by atoms with Crippen LogP contribution in [0.25, 0.3) is 22.0 Å². The van der Waals surface area contributed by atoms with Crippen molar-refractivity contribution in [3.63, 3.8) is 0 Å². The summed E-state index contributed by atoms with van der Waals surface area (Å²) in [6, 6.07) is 7.01. The highest BCUT2D eigenvalue weighted by Crippen LogP contribution is 2.63. The first-order chi connectivity index (χ1) is 18.2. The number of H-pyrrole nitrogens is 1. The van der Waals surface area contributed by atoms with Crippen LogP contribution in [0.5, 0.6) is 0 Å². The second-order valence-electron chi connectivity index (χ2n) is 12.6. The summed E-state index contributed by atoms with van der Waals surface area (Å²) in [6.45, 7) is 15.1. The van der Waals surface area contributed by atoms with E-state index in [1.165, 1.54) is 23.8 Å². The van der Waals surface area contributed by atoms with E-state index >= 15 is 0 Å². The monoisotopic (exact) mass is 506 g/mol. The van der Waals surface area contributed by atoms with Crippen LogP contribution in [0.3, 0.4) is 0 Å². The predicted octanol–water partition coefficient (Wildman–Crippen LogP) is 5.10. The molecular weight excluding hydrogens is 472 g/mol. The standard InChI is InChI=1S/C31H34N6O/c1-6-25(38)36-15-31(16-36)9-10-37(18(31)3)29-21(13-32)27(26-17(2)7-8-24-22(26)14-33-35-24)20-11-19-12-23(28(20)34-29)30(19,4)5/h6-8,14,18-19,23H,1,9-12,15-16H2,2-5H3,(H,33,35)/t18?,19-,23-/m0/s1. The number of benzene rings is 1. The second kappa shape index (κ2) is 7.69. The Morgan fingerprint density at radius 1 is 1.29 bits per heavy atom. The number of hydrogen-bond donors (Lipinski definition) is 1. The number of hydrogen-bond acceptors (Lipinski definition) is 5. The molecule has 4 heterocycles. The Kier molecular flexibility index (Phi) is 4.75. The molecule has 2 aromatic heterocycles. The van der Waals surface area contributed by atoms with Crippen LogP contribution in [0.2, 0.25) is 0 Å². The van der Waals surface area contributed by atoms with E-state index in [4.69, 9.17) is 4.98 Å². The number of amides is 1. The summed E-state index contributed by atoms with van der Waals surface area (Å²) in [6.07, 6.45) is 6.42. The van der Waals surface area contributed by atoms with Crippen molar-refractivity contribution in [1.82, 2.24) is 20.1 Å². The van der Waals surface area contributed by atoms with E-state index in [2.05, 4.69) is 67.6 Å². The average molecular weight is 507 g/mol. The molecule has 3 atom stereocenters. The van der Waals surface area contributed by atoms with E-state index in [9.17, 15) is 10.1 Å². The molecule has 194 valence electrons. The molecule has 1 unspecified atom stereocenters. The molecule has 0 radical (unpaired) electrons. The van der Waals surface area contributed by atoms with Crippen molar-refractivity contribution in [3.05, 3.63) is 53.4 Å². The highest BCUT2D eigenvalue weighted by Gasteiger charge is 2.56. The number of aryl methyl sites for hydroxylation is 1. The third-order valence-electron chi connectivity index (χ3n) is 10.7. The molecule has 1 aromatic carbocycles. The van der Waals surface area contributed by atoms with Crippen LogP contribution < -0.4 is 4.90 Å². The van der Waals surface area contributed by atoms with Crippen LogP contribution in [0.4, 0.5) is 5.82 Å². The number of pyridine rings is 1. The summed E-state index contributed by atoms with van der Waals surface area (Å²) >= 11 is 0. The van der Waals surface area contributed by atoms with Crippen molar-refractivity contribution in [1.29, 1.82) is 5.26 Å². The van der Waals surface area contributed by atoms with Gasteiger partial charge in [-0.2, -0.15) is 10.4 Å². The number of carbonyl (C=O) groups is 1. The zero-order valence-corrected chi connectivity index (χ0v) is 22.6. The fourth-order valence-electron chi connectivity index (χ4n) is 8.03. The Labute approximate surface area is 223 Å². The highest BCUT2D eigenvalue weighted by molar-refractivity contribution is 6.00. The normalized spacial score (nSPS) is 26.0. The van der Waals surface area contributed by atoms with Gasteiger partial charge in [-0.1, -0.05) is 26.5 Å². The lowest BCUT2D eigenvalue weighted by Crippen LogP contribution is -2.62. The summed E-state index contributed by atoms with van der Waals surface area (Å²) in [5.41, 5.74) is 7.69. The van der Waals surface area contributed by atoms with Gasteiger partial charge in [-0.3, -0.25) is 9.89 Å².